The molecule has 3 nitrogen and oxygen atoms in total. The highest BCUT2D eigenvalue weighted by molar-refractivity contribution is 6.31. The molecule has 21 heavy (non-hydrogen) atoms. The number of aryl methyl sites for hydroxylation is 1. The Bertz CT molecular complexity index is 516. The van der Waals surface area contributed by atoms with Gasteiger partial charge in [-0.15, -0.1) is 0 Å². The Hall–Kier alpha value is -1.06. The van der Waals surface area contributed by atoms with Gasteiger partial charge in [0.2, 0.25) is 5.91 Å². The van der Waals surface area contributed by atoms with Crippen LogP contribution >= 0.6 is 11.6 Å². The van der Waals surface area contributed by atoms with Crippen LogP contribution in [0.25, 0.3) is 0 Å². The summed E-state index contributed by atoms with van der Waals surface area (Å²) < 4.78 is 0. The maximum atomic E-state index is 12.1. The number of nitrogens with one attached hydrogen (secondary N) is 1. The highest BCUT2D eigenvalue weighted by Crippen LogP contribution is 2.20. The molecule has 0 saturated carbocycles. The molecule has 1 saturated heterocycles. The summed E-state index contributed by atoms with van der Waals surface area (Å²) in [6.07, 6.45) is 1.02. The first-order chi connectivity index (χ1) is 9.86. The van der Waals surface area contributed by atoms with Gasteiger partial charge in [0, 0.05) is 24.2 Å². The lowest BCUT2D eigenvalue weighted by molar-refractivity contribution is -0.130. The van der Waals surface area contributed by atoms with Gasteiger partial charge in [0.1, 0.15) is 0 Å². The molecule has 0 bridgehead atoms. The largest absolute Gasteiger partial charge is 0.351 e. The molecule has 0 radical (unpaired) electrons. The normalized spacial score (nSPS) is 23.4. The molecule has 1 aliphatic heterocycles. The van der Waals surface area contributed by atoms with E-state index in [0.717, 1.165) is 30.1 Å². The van der Waals surface area contributed by atoms with E-state index in [1.54, 1.807) is 0 Å². The number of benzene rings is 1. The molecular weight excluding hydrogens is 284 g/mol. The Kier molecular flexibility index (Phi) is 5.28. The van der Waals surface area contributed by atoms with E-state index in [0.29, 0.717) is 5.92 Å². The van der Waals surface area contributed by atoms with Crippen LogP contribution in [0, 0.1) is 12.8 Å². The molecular formula is C17H25ClN2O. The first-order valence-corrected chi connectivity index (χ1v) is 8.04. The first kappa shape index (κ1) is 16.3. The van der Waals surface area contributed by atoms with Crippen molar-refractivity contribution in [3.05, 3.63) is 34.3 Å². The summed E-state index contributed by atoms with van der Waals surface area (Å²) in [5.74, 6) is 0.723. The lowest BCUT2D eigenvalue weighted by Gasteiger charge is -2.38. The highest BCUT2D eigenvalue weighted by atomic mass is 35.5. The van der Waals surface area contributed by atoms with Crippen LogP contribution in [-0.4, -0.2) is 29.4 Å². The smallest absolute Gasteiger partial charge is 0.237 e. The topological polar surface area (TPSA) is 32.3 Å². The lowest BCUT2D eigenvalue weighted by atomic mass is 9.99. The Morgan fingerprint density at radius 3 is 2.76 bits per heavy atom. The van der Waals surface area contributed by atoms with Gasteiger partial charge in [-0.3, -0.25) is 9.69 Å². The average molecular weight is 309 g/mol. The van der Waals surface area contributed by atoms with Crippen molar-refractivity contribution in [2.75, 3.05) is 6.54 Å². The van der Waals surface area contributed by atoms with Crippen LogP contribution in [0.1, 0.15) is 38.3 Å². The summed E-state index contributed by atoms with van der Waals surface area (Å²) in [4.78, 5) is 14.4. The van der Waals surface area contributed by atoms with Gasteiger partial charge in [-0.2, -0.15) is 0 Å². The van der Waals surface area contributed by atoms with E-state index in [4.69, 9.17) is 11.6 Å². The second-order valence-corrected chi connectivity index (χ2v) is 6.93. The van der Waals surface area contributed by atoms with Crippen molar-refractivity contribution in [3.63, 3.8) is 0 Å². The van der Waals surface area contributed by atoms with Gasteiger partial charge in [0.25, 0.3) is 0 Å². The number of carbonyl (C=O) groups excluding carboxylic acids is 1. The first-order valence-electron chi connectivity index (χ1n) is 7.66. The zero-order chi connectivity index (χ0) is 15.6. The Morgan fingerprint density at radius 1 is 1.43 bits per heavy atom. The maximum Gasteiger partial charge on any atom is 0.237 e. The average Bonchev–Trinajstić information content (AvgIpc) is 2.39. The molecule has 1 fully saturated rings. The second kappa shape index (κ2) is 6.80. The standard InChI is InChI=1S/C17H25ClN2O/c1-11(2)7-15-10-20(13(4)17(21)19-15)9-14-5-6-16(18)12(3)8-14/h5-6,8,11,13,15H,7,9-10H2,1-4H3,(H,19,21). The maximum absolute atomic E-state index is 12.1. The number of hydrogen-bond acceptors (Lipinski definition) is 2. The van der Waals surface area contributed by atoms with Crippen LogP contribution in [-0.2, 0) is 11.3 Å². The monoisotopic (exact) mass is 308 g/mol. The summed E-state index contributed by atoms with van der Waals surface area (Å²) in [6, 6.07) is 6.27. The SMILES string of the molecule is Cc1cc(CN2CC(CC(C)C)NC(=O)C2C)ccc1Cl. The number of carbonyl (C=O) groups is 1. The van der Waals surface area contributed by atoms with Gasteiger partial charge >= 0.3 is 0 Å². The van der Waals surface area contributed by atoms with E-state index in [9.17, 15) is 4.79 Å². The molecule has 4 heteroatoms. The predicted octanol–water partition coefficient (Wildman–Crippen LogP) is 3.38. The number of hydrogen-bond donors (Lipinski definition) is 1. The second-order valence-electron chi connectivity index (χ2n) is 6.52. The van der Waals surface area contributed by atoms with E-state index < -0.39 is 0 Å². The number of amides is 1. The molecule has 2 unspecified atom stereocenters. The molecule has 0 aliphatic carbocycles. The molecule has 0 aromatic heterocycles. The molecule has 1 amide bonds. The molecule has 116 valence electrons. The fraction of sp³-hybridized carbons (Fsp3) is 0.588. The van der Waals surface area contributed by atoms with E-state index >= 15 is 0 Å². The van der Waals surface area contributed by atoms with Crippen LogP contribution in [0.2, 0.25) is 5.02 Å². The molecule has 0 spiro atoms. The van der Waals surface area contributed by atoms with Crippen molar-refractivity contribution < 1.29 is 4.79 Å². The molecule has 1 aromatic rings. The van der Waals surface area contributed by atoms with E-state index in [1.807, 2.05) is 26.0 Å². The van der Waals surface area contributed by atoms with Crippen LogP contribution in [0.5, 0.6) is 0 Å². The van der Waals surface area contributed by atoms with Crippen LogP contribution in [0.3, 0.4) is 0 Å². The zero-order valence-electron chi connectivity index (χ0n) is 13.3. The fourth-order valence-electron chi connectivity index (χ4n) is 2.92. The summed E-state index contributed by atoms with van der Waals surface area (Å²) in [5, 5.41) is 3.92. The summed E-state index contributed by atoms with van der Waals surface area (Å²) >= 11 is 6.08. The highest BCUT2D eigenvalue weighted by Gasteiger charge is 2.31. The Balaban J connectivity index is 2.08. The number of rotatable bonds is 4. The summed E-state index contributed by atoms with van der Waals surface area (Å²) in [6.45, 7) is 10.1. The van der Waals surface area contributed by atoms with Gasteiger partial charge in [-0.1, -0.05) is 37.6 Å². The molecule has 1 aliphatic rings. The fourth-order valence-corrected chi connectivity index (χ4v) is 3.04. The van der Waals surface area contributed by atoms with Gasteiger partial charge in [0.05, 0.1) is 6.04 Å². The number of nitrogens with zero attached hydrogens (tertiary/aromatic N) is 1. The van der Waals surface area contributed by atoms with Crippen molar-refractivity contribution in [1.82, 2.24) is 10.2 Å². The van der Waals surface area contributed by atoms with Crippen LogP contribution in [0.15, 0.2) is 18.2 Å². The molecule has 1 aromatic carbocycles. The van der Waals surface area contributed by atoms with Crippen LogP contribution in [0.4, 0.5) is 0 Å². The van der Waals surface area contributed by atoms with Crippen molar-refractivity contribution in [3.8, 4) is 0 Å². The molecule has 1 N–H and O–H groups in total. The minimum absolute atomic E-state index is 0.0793. The third kappa shape index (κ3) is 4.21. The van der Waals surface area contributed by atoms with Crippen molar-refractivity contribution in [2.45, 2.75) is 52.7 Å². The zero-order valence-corrected chi connectivity index (χ0v) is 14.1. The molecule has 1 heterocycles. The van der Waals surface area contributed by atoms with Gasteiger partial charge in [-0.05, 0) is 43.4 Å². The van der Waals surface area contributed by atoms with Gasteiger partial charge < -0.3 is 5.32 Å². The van der Waals surface area contributed by atoms with E-state index in [1.165, 1.54) is 5.56 Å². The number of piperazine rings is 1. The summed E-state index contributed by atoms with van der Waals surface area (Å²) in [7, 11) is 0. The Labute approximate surface area is 132 Å². The predicted molar refractivity (Wildman–Crippen MR) is 87.4 cm³/mol. The number of halogens is 1. The minimum atomic E-state index is -0.0793. The van der Waals surface area contributed by atoms with E-state index in [-0.39, 0.29) is 18.0 Å². The lowest BCUT2D eigenvalue weighted by Crippen LogP contribution is -2.58. The Morgan fingerprint density at radius 2 is 2.14 bits per heavy atom. The van der Waals surface area contributed by atoms with Crippen molar-refractivity contribution >= 4 is 17.5 Å². The third-order valence-electron chi connectivity index (χ3n) is 4.09. The molecule has 2 atom stereocenters. The van der Waals surface area contributed by atoms with Gasteiger partial charge in [-0.25, -0.2) is 0 Å². The summed E-state index contributed by atoms with van der Waals surface area (Å²) in [5.41, 5.74) is 2.30. The quantitative estimate of drug-likeness (QED) is 0.925. The van der Waals surface area contributed by atoms with Crippen LogP contribution < -0.4 is 5.32 Å². The van der Waals surface area contributed by atoms with Gasteiger partial charge in [0.15, 0.2) is 0 Å². The van der Waals surface area contributed by atoms with Crippen molar-refractivity contribution in [1.29, 1.82) is 0 Å². The van der Waals surface area contributed by atoms with Crippen molar-refractivity contribution in [2.24, 2.45) is 5.92 Å². The minimum Gasteiger partial charge on any atom is -0.351 e. The van der Waals surface area contributed by atoms with E-state index in [2.05, 4.69) is 30.1 Å². The molecule has 2 rings (SSSR count). The third-order valence-corrected chi connectivity index (χ3v) is 4.52.